The van der Waals surface area contributed by atoms with Gasteiger partial charge in [-0.25, -0.2) is 0 Å². The maximum absolute atomic E-state index is 6.06. The summed E-state index contributed by atoms with van der Waals surface area (Å²) in [5.41, 5.74) is 1.32. The first-order valence-electron chi connectivity index (χ1n) is 6.72. The summed E-state index contributed by atoms with van der Waals surface area (Å²) >= 11 is 6.06. The van der Waals surface area contributed by atoms with Gasteiger partial charge in [0, 0.05) is 11.1 Å². The number of hydrogen-bond acceptors (Lipinski definition) is 1. The highest BCUT2D eigenvalue weighted by Gasteiger charge is 2.19. The van der Waals surface area contributed by atoms with Gasteiger partial charge in [0.05, 0.1) is 0 Å². The molecule has 0 aliphatic heterocycles. The van der Waals surface area contributed by atoms with Crippen molar-refractivity contribution in [2.24, 2.45) is 5.92 Å². The van der Waals surface area contributed by atoms with E-state index < -0.39 is 0 Å². The molecule has 1 nitrogen and oxygen atoms in total. The van der Waals surface area contributed by atoms with E-state index in [-0.39, 0.29) is 0 Å². The van der Waals surface area contributed by atoms with Crippen LogP contribution in [0.5, 0.6) is 0 Å². The average molecular weight is 252 g/mol. The molecule has 1 N–H and O–H groups in total. The summed E-state index contributed by atoms with van der Waals surface area (Å²) in [5.74, 6) is 0.889. The van der Waals surface area contributed by atoms with Gasteiger partial charge in [-0.1, -0.05) is 55.8 Å². The van der Waals surface area contributed by atoms with Crippen molar-refractivity contribution >= 4 is 11.6 Å². The molecule has 0 radical (unpaired) electrons. The third-order valence-corrected chi connectivity index (χ3v) is 4.13. The Balaban J connectivity index is 2.00. The molecule has 1 aromatic carbocycles. The SMILES string of the molecule is CNC(CC1CCCCC1)c1cccc(Cl)c1. The van der Waals surface area contributed by atoms with E-state index in [1.807, 2.05) is 19.2 Å². The average Bonchev–Trinajstić information content (AvgIpc) is 2.37. The van der Waals surface area contributed by atoms with E-state index in [1.54, 1.807) is 0 Å². The lowest BCUT2D eigenvalue weighted by molar-refractivity contribution is 0.306. The number of halogens is 1. The predicted molar refractivity (Wildman–Crippen MR) is 74.4 cm³/mol. The van der Waals surface area contributed by atoms with Crippen molar-refractivity contribution in [1.29, 1.82) is 0 Å². The lowest BCUT2D eigenvalue weighted by atomic mass is 9.83. The van der Waals surface area contributed by atoms with Gasteiger partial charge in [0.25, 0.3) is 0 Å². The van der Waals surface area contributed by atoms with Crippen LogP contribution in [0, 0.1) is 5.92 Å². The van der Waals surface area contributed by atoms with Crippen LogP contribution in [0.1, 0.15) is 50.1 Å². The fraction of sp³-hybridized carbons (Fsp3) is 0.600. The molecule has 0 aromatic heterocycles. The summed E-state index contributed by atoms with van der Waals surface area (Å²) in [5, 5.41) is 4.27. The highest BCUT2D eigenvalue weighted by molar-refractivity contribution is 6.30. The molecule has 17 heavy (non-hydrogen) atoms. The predicted octanol–water partition coefficient (Wildman–Crippen LogP) is 4.57. The largest absolute Gasteiger partial charge is 0.313 e. The van der Waals surface area contributed by atoms with Gasteiger partial charge in [0.2, 0.25) is 0 Å². The molecule has 0 heterocycles. The summed E-state index contributed by atoms with van der Waals surface area (Å²) in [7, 11) is 2.05. The van der Waals surface area contributed by atoms with Crippen LogP contribution in [0.3, 0.4) is 0 Å². The number of nitrogens with one attached hydrogen (secondary N) is 1. The van der Waals surface area contributed by atoms with Gasteiger partial charge >= 0.3 is 0 Å². The molecular formula is C15H22ClN. The minimum Gasteiger partial charge on any atom is -0.313 e. The third kappa shape index (κ3) is 3.72. The highest BCUT2D eigenvalue weighted by atomic mass is 35.5. The van der Waals surface area contributed by atoms with Crippen molar-refractivity contribution in [3.63, 3.8) is 0 Å². The second-order valence-corrected chi connectivity index (χ2v) is 5.57. The van der Waals surface area contributed by atoms with Crippen LogP contribution in [0.2, 0.25) is 5.02 Å². The normalized spacial score (nSPS) is 19.2. The molecule has 1 fully saturated rings. The first kappa shape index (κ1) is 12.9. The zero-order chi connectivity index (χ0) is 12.1. The Hall–Kier alpha value is -0.530. The Morgan fingerprint density at radius 1 is 1.29 bits per heavy atom. The Morgan fingerprint density at radius 3 is 2.71 bits per heavy atom. The lowest BCUT2D eigenvalue weighted by Crippen LogP contribution is -2.21. The number of benzene rings is 1. The van der Waals surface area contributed by atoms with Crippen LogP contribution >= 0.6 is 11.6 Å². The smallest absolute Gasteiger partial charge is 0.0409 e. The Labute approximate surface area is 110 Å². The molecule has 1 aliphatic carbocycles. The molecular weight excluding hydrogens is 230 g/mol. The quantitative estimate of drug-likeness (QED) is 0.827. The molecule has 1 atom stereocenters. The molecule has 2 rings (SSSR count). The van der Waals surface area contributed by atoms with Crippen LogP contribution in [0.4, 0.5) is 0 Å². The Morgan fingerprint density at radius 2 is 2.06 bits per heavy atom. The van der Waals surface area contributed by atoms with Gasteiger partial charge < -0.3 is 5.32 Å². The molecule has 1 unspecified atom stereocenters. The number of hydrogen-bond donors (Lipinski definition) is 1. The lowest BCUT2D eigenvalue weighted by Gasteiger charge is -2.26. The summed E-state index contributed by atoms with van der Waals surface area (Å²) in [6.45, 7) is 0. The summed E-state index contributed by atoms with van der Waals surface area (Å²) in [6, 6.07) is 8.71. The van der Waals surface area contributed by atoms with Crippen LogP contribution < -0.4 is 5.32 Å². The zero-order valence-electron chi connectivity index (χ0n) is 10.6. The molecule has 0 saturated heterocycles. The van der Waals surface area contributed by atoms with Gasteiger partial charge in [-0.05, 0) is 37.1 Å². The van der Waals surface area contributed by atoms with Crippen molar-refractivity contribution in [2.45, 2.75) is 44.6 Å². The van der Waals surface area contributed by atoms with Gasteiger partial charge in [-0.2, -0.15) is 0 Å². The van der Waals surface area contributed by atoms with Gasteiger partial charge in [0.15, 0.2) is 0 Å². The topological polar surface area (TPSA) is 12.0 Å². The minimum absolute atomic E-state index is 0.455. The molecule has 1 aromatic rings. The van der Waals surface area contributed by atoms with Crippen molar-refractivity contribution < 1.29 is 0 Å². The van der Waals surface area contributed by atoms with Gasteiger partial charge in [0.1, 0.15) is 0 Å². The van der Waals surface area contributed by atoms with Crippen LogP contribution in [-0.2, 0) is 0 Å². The monoisotopic (exact) mass is 251 g/mol. The molecule has 0 bridgehead atoms. The maximum atomic E-state index is 6.06. The Bertz CT molecular complexity index is 345. The summed E-state index contributed by atoms with van der Waals surface area (Å²) < 4.78 is 0. The van der Waals surface area contributed by atoms with E-state index >= 15 is 0 Å². The highest BCUT2D eigenvalue weighted by Crippen LogP contribution is 2.32. The third-order valence-electron chi connectivity index (χ3n) is 3.89. The standard InChI is InChI=1S/C15H22ClN/c1-17-15(10-12-6-3-2-4-7-12)13-8-5-9-14(16)11-13/h5,8-9,11-12,15,17H,2-4,6-7,10H2,1H3. The molecule has 1 aliphatic rings. The first-order chi connectivity index (χ1) is 8.29. The van der Waals surface area contributed by atoms with Gasteiger partial charge in [-0.15, -0.1) is 0 Å². The van der Waals surface area contributed by atoms with E-state index in [2.05, 4.69) is 17.4 Å². The maximum Gasteiger partial charge on any atom is 0.0409 e. The van der Waals surface area contributed by atoms with Crippen LogP contribution in [0.25, 0.3) is 0 Å². The fourth-order valence-electron chi connectivity index (χ4n) is 2.90. The second-order valence-electron chi connectivity index (χ2n) is 5.14. The van der Waals surface area contributed by atoms with E-state index in [9.17, 15) is 0 Å². The summed E-state index contributed by atoms with van der Waals surface area (Å²) in [4.78, 5) is 0. The van der Waals surface area contributed by atoms with Gasteiger partial charge in [-0.3, -0.25) is 0 Å². The fourth-order valence-corrected chi connectivity index (χ4v) is 3.10. The van der Waals surface area contributed by atoms with Crippen molar-refractivity contribution in [1.82, 2.24) is 5.32 Å². The molecule has 0 amide bonds. The molecule has 1 saturated carbocycles. The van der Waals surface area contributed by atoms with E-state index in [4.69, 9.17) is 11.6 Å². The zero-order valence-corrected chi connectivity index (χ0v) is 11.3. The van der Waals surface area contributed by atoms with Crippen molar-refractivity contribution in [3.8, 4) is 0 Å². The van der Waals surface area contributed by atoms with E-state index in [0.717, 1.165) is 10.9 Å². The van der Waals surface area contributed by atoms with E-state index in [1.165, 1.54) is 44.1 Å². The first-order valence-corrected chi connectivity index (χ1v) is 7.10. The van der Waals surface area contributed by atoms with Crippen LogP contribution in [-0.4, -0.2) is 7.05 Å². The summed E-state index contributed by atoms with van der Waals surface area (Å²) in [6.07, 6.45) is 8.31. The second kappa shape index (κ2) is 6.42. The molecule has 94 valence electrons. The Kier molecular flexibility index (Phi) is 4.87. The van der Waals surface area contributed by atoms with Crippen molar-refractivity contribution in [2.75, 3.05) is 7.05 Å². The number of rotatable bonds is 4. The van der Waals surface area contributed by atoms with E-state index in [0.29, 0.717) is 6.04 Å². The van der Waals surface area contributed by atoms with Crippen LogP contribution in [0.15, 0.2) is 24.3 Å². The molecule has 2 heteroatoms. The van der Waals surface area contributed by atoms with Crippen molar-refractivity contribution in [3.05, 3.63) is 34.9 Å². The minimum atomic E-state index is 0.455. The molecule has 0 spiro atoms.